The van der Waals surface area contributed by atoms with Gasteiger partial charge in [0.05, 0.1) is 0 Å². The Labute approximate surface area is 208 Å². The Balaban J connectivity index is 1.87. The van der Waals surface area contributed by atoms with E-state index in [1.165, 1.54) is 43.6 Å². The number of hydrogen-bond acceptors (Lipinski definition) is 0. The number of allylic oxidation sites excluding steroid dienone is 2. The quantitative estimate of drug-likeness (QED) is 0.223. The first-order chi connectivity index (χ1) is 16.7. The van der Waals surface area contributed by atoms with Crippen LogP contribution in [-0.2, 0) is 0 Å². The summed E-state index contributed by atoms with van der Waals surface area (Å²) >= 11 is 6.79. The van der Waals surface area contributed by atoms with E-state index in [0.717, 1.165) is 10.4 Å². The van der Waals surface area contributed by atoms with Crippen LogP contribution in [0.5, 0.6) is 0 Å². The van der Waals surface area contributed by atoms with Gasteiger partial charge in [0.2, 0.25) is 0 Å². The van der Waals surface area contributed by atoms with Gasteiger partial charge in [-0.3, -0.25) is 0 Å². The molecule has 0 heterocycles. The SMILES string of the molecule is CC=C(C)c1cc(Cl)c2ccccc2c1-c1ccccc1P(c1ccccc1)c1ccccc1. The van der Waals surface area contributed by atoms with Gasteiger partial charge < -0.3 is 0 Å². The maximum atomic E-state index is 6.79. The molecule has 34 heavy (non-hydrogen) atoms. The van der Waals surface area contributed by atoms with E-state index in [1.807, 2.05) is 0 Å². The fraction of sp³-hybridized carbons (Fsp3) is 0.0625. The van der Waals surface area contributed by atoms with Crippen molar-refractivity contribution in [3.8, 4) is 11.1 Å². The van der Waals surface area contributed by atoms with Gasteiger partial charge in [-0.15, -0.1) is 0 Å². The molecule has 166 valence electrons. The first kappa shape index (κ1) is 22.6. The standard InChI is InChI=1S/C32H26ClP/c1-3-23(2)29-22-30(33)26-18-10-11-19-27(26)32(29)28-20-12-13-21-31(28)34(24-14-6-4-7-15-24)25-16-8-5-9-17-25/h3-22H,1-2H3. The third-order valence-corrected chi connectivity index (χ3v) is 9.11. The van der Waals surface area contributed by atoms with E-state index in [4.69, 9.17) is 11.6 Å². The molecule has 0 saturated carbocycles. The Morgan fingerprint density at radius 3 is 1.82 bits per heavy atom. The second-order valence-electron chi connectivity index (χ2n) is 8.32. The summed E-state index contributed by atoms with van der Waals surface area (Å²) in [5.74, 6) is 0. The highest BCUT2D eigenvalue weighted by atomic mass is 35.5. The third kappa shape index (κ3) is 4.21. The van der Waals surface area contributed by atoms with Crippen molar-refractivity contribution in [1.29, 1.82) is 0 Å². The molecule has 0 aliphatic heterocycles. The third-order valence-electron chi connectivity index (χ3n) is 6.30. The van der Waals surface area contributed by atoms with Crippen molar-refractivity contribution in [3.05, 3.63) is 132 Å². The van der Waals surface area contributed by atoms with Crippen molar-refractivity contribution in [2.75, 3.05) is 0 Å². The smallest absolute Gasteiger partial charge is 0.0490 e. The fourth-order valence-electron chi connectivity index (χ4n) is 4.55. The predicted octanol–water partition coefficient (Wildman–Crippen LogP) is 8.34. The van der Waals surface area contributed by atoms with Crippen LogP contribution in [0.2, 0.25) is 5.02 Å². The van der Waals surface area contributed by atoms with Crippen molar-refractivity contribution in [1.82, 2.24) is 0 Å². The van der Waals surface area contributed by atoms with Crippen LogP contribution in [0.1, 0.15) is 19.4 Å². The second kappa shape index (κ2) is 9.98. The molecule has 0 saturated heterocycles. The Hall–Kier alpha value is -3.18. The molecule has 2 heteroatoms. The monoisotopic (exact) mass is 476 g/mol. The molecule has 0 fully saturated rings. The van der Waals surface area contributed by atoms with Gasteiger partial charge in [0.25, 0.3) is 0 Å². The number of fused-ring (bicyclic) bond motifs is 1. The van der Waals surface area contributed by atoms with E-state index in [-0.39, 0.29) is 0 Å². The number of benzene rings is 5. The summed E-state index contributed by atoms with van der Waals surface area (Å²) < 4.78 is 0. The molecule has 5 rings (SSSR count). The van der Waals surface area contributed by atoms with Gasteiger partial charge in [0, 0.05) is 10.4 Å². The summed E-state index contributed by atoms with van der Waals surface area (Å²) in [7, 11) is -0.742. The van der Waals surface area contributed by atoms with Crippen molar-refractivity contribution in [2.24, 2.45) is 0 Å². The lowest BCUT2D eigenvalue weighted by Crippen LogP contribution is -2.22. The van der Waals surface area contributed by atoms with E-state index in [1.54, 1.807) is 0 Å². The molecule has 0 atom stereocenters. The van der Waals surface area contributed by atoms with Crippen molar-refractivity contribution < 1.29 is 0 Å². The van der Waals surface area contributed by atoms with E-state index >= 15 is 0 Å². The topological polar surface area (TPSA) is 0 Å². The van der Waals surface area contributed by atoms with Gasteiger partial charge in [0.1, 0.15) is 0 Å². The minimum absolute atomic E-state index is 0.742. The zero-order valence-electron chi connectivity index (χ0n) is 19.4. The average Bonchev–Trinajstić information content (AvgIpc) is 2.90. The van der Waals surface area contributed by atoms with E-state index in [9.17, 15) is 0 Å². The van der Waals surface area contributed by atoms with E-state index in [0.29, 0.717) is 0 Å². The summed E-state index contributed by atoms with van der Waals surface area (Å²) in [5.41, 5.74) is 4.94. The molecule has 0 bridgehead atoms. The summed E-state index contributed by atoms with van der Waals surface area (Å²) in [6.45, 7) is 4.26. The molecule has 0 nitrogen and oxygen atoms in total. The molecule has 5 aromatic carbocycles. The molecule has 5 aromatic rings. The number of hydrogen-bond donors (Lipinski definition) is 0. The van der Waals surface area contributed by atoms with E-state index in [2.05, 4.69) is 135 Å². The van der Waals surface area contributed by atoms with Gasteiger partial charge >= 0.3 is 0 Å². The number of rotatable bonds is 5. The van der Waals surface area contributed by atoms with Gasteiger partial charge in [-0.1, -0.05) is 127 Å². The van der Waals surface area contributed by atoms with Crippen LogP contribution in [0.4, 0.5) is 0 Å². The Morgan fingerprint density at radius 1 is 0.676 bits per heavy atom. The second-order valence-corrected chi connectivity index (χ2v) is 10.9. The summed E-state index contributed by atoms with van der Waals surface area (Å²) in [4.78, 5) is 0. The lowest BCUT2D eigenvalue weighted by atomic mass is 9.90. The minimum atomic E-state index is -0.742. The van der Waals surface area contributed by atoms with E-state index < -0.39 is 7.92 Å². The first-order valence-corrected chi connectivity index (χ1v) is 13.2. The minimum Gasteiger partial charge on any atom is -0.0841 e. The van der Waals surface area contributed by atoms with Gasteiger partial charge in [-0.25, -0.2) is 0 Å². The predicted molar refractivity (Wildman–Crippen MR) is 152 cm³/mol. The van der Waals surface area contributed by atoms with Crippen molar-refractivity contribution in [2.45, 2.75) is 13.8 Å². The molecule has 0 aromatic heterocycles. The van der Waals surface area contributed by atoms with Crippen LogP contribution in [-0.4, -0.2) is 0 Å². The highest BCUT2D eigenvalue weighted by molar-refractivity contribution is 7.80. The Morgan fingerprint density at radius 2 is 1.21 bits per heavy atom. The van der Waals surface area contributed by atoms with Crippen LogP contribution < -0.4 is 15.9 Å². The molecular weight excluding hydrogens is 451 g/mol. The molecule has 0 unspecified atom stereocenters. The molecule has 0 amide bonds. The first-order valence-electron chi connectivity index (χ1n) is 11.5. The van der Waals surface area contributed by atoms with Crippen LogP contribution >= 0.6 is 19.5 Å². The van der Waals surface area contributed by atoms with Gasteiger partial charge in [-0.05, 0) is 71.4 Å². The van der Waals surface area contributed by atoms with Crippen LogP contribution in [0.3, 0.4) is 0 Å². The summed E-state index contributed by atoms with van der Waals surface area (Å²) in [6.07, 6.45) is 2.17. The lowest BCUT2D eigenvalue weighted by molar-refractivity contribution is 1.55. The van der Waals surface area contributed by atoms with Gasteiger partial charge in [0.15, 0.2) is 0 Å². The largest absolute Gasteiger partial charge is 0.0841 e. The number of halogens is 1. The molecular formula is C32H26ClP. The fourth-order valence-corrected chi connectivity index (χ4v) is 7.28. The zero-order valence-corrected chi connectivity index (χ0v) is 21.0. The zero-order chi connectivity index (χ0) is 23.5. The normalized spacial score (nSPS) is 11.8. The highest BCUT2D eigenvalue weighted by Crippen LogP contribution is 2.43. The van der Waals surface area contributed by atoms with Gasteiger partial charge in [-0.2, -0.15) is 0 Å². The van der Waals surface area contributed by atoms with Crippen LogP contribution in [0, 0.1) is 0 Å². The van der Waals surface area contributed by atoms with Crippen LogP contribution in [0.15, 0.2) is 121 Å². The Kier molecular flexibility index (Phi) is 6.63. The van der Waals surface area contributed by atoms with Crippen molar-refractivity contribution in [3.63, 3.8) is 0 Å². The average molecular weight is 477 g/mol. The lowest BCUT2D eigenvalue weighted by Gasteiger charge is -2.24. The highest BCUT2D eigenvalue weighted by Gasteiger charge is 2.23. The molecule has 0 aliphatic carbocycles. The molecule has 0 aliphatic rings. The molecule has 0 spiro atoms. The molecule has 0 N–H and O–H groups in total. The summed E-state index contributed by atoms with van der Waals surface area (Å²) in [6, 6.07) is 41.3. The maximum Gasteiger partial charge on any atom is 0.0490 e. The maximum absolute atomic E-state index is 6.79. The van der Waals surface area contributed by atoms with Crippen LogP contribution in [0.25, 0.3) is 27.5 Å². The van der Waals surface area contributed by atoms with Crippen molar-refractivity contribution >= 4 is 51.8 Å². The summed E-state index contributed by atoms with van der Waals surface area (Å²) in [5, 5.41) is 7.12. The molecule has 0 radical (unpaired) electrons. The Bertz CT molecular complexity index is 1430.